The molecule has 0 bridgehead atoms. The Morgan fingerprint density at radius 3 is 2.08 bits per heavy atom. The van der Waals surface area contributed by atoms with Gasteiger partial charge in [0.15, 0.2) is 5.56 Å². The summed E-state index contributed by atoms with van der Waals surface area (Å²) in [6.07, 6.45) is 0. The van der Waals surface area contributed by atoms with Crippen molar-refractivity contribution < 1.29 is 4.74 Å². The highest BCUT2D eigenvalue weighted by Crippen LogP contribution is 2.25. The molecule has 1 heterocycles. The van der Waals surface area contributed by atoms with E-state index < -0.39 is 11.2 Å². The molecule has 0 aliphatic rings. The Morgan fingerprint density at radius 1 is 0.880 bits per heavy atom. The standard InChI is InChI=1S/C19H15N3O3/c1-21-17(23)16(12-20)18(22(2)19(21)24)25-15-10-8-14(9-11-15)13-6-4-3-5-7-13/h3-11H,1-2H3. The van der Waals surface area contributed by atoms with E-state index in [1.165, 1.54) is 14.1 Å². The number of aromatic nitrogens is 2. The highest BCUT2D eigenvalue weighted by molar-refractivity contribution is 5.64. The monoisotopic (exact) mass is 333 g/mol. The van der Waals surface area contributed by atoms with Gasteiger partial charge in [-0.2, -0.15) is 5.26 Å². The second kappa shape index (κ2) is 6.49. The molecule has 3 aromatic rings. The fourth-order valence-corrected chi connectivity index (χ4v) is 2.50. The lowest BCUT2D eigenvalue weighted by Gasteiger charge is -2.13. The van der Waals surface area contributed by atoms with Gasteiger partial charge < -0.3 is 4.74 Å². The molecular weight excluding hydrogens is 318 g/mol. The van der Waals surface area contributed by atoms with Crippen molar-refractivity contribution >= 4 is 0 Å². The summed E-state index contributed by atoms with van der Waals surface area (Å²) in [5.74, 6) is 0.363. The van der Waals surface area contributed by atoms with Crippen LogP contribution in [0, 0.1) is 11.3 Å². The molecule has 0 fully saturated rings. The Bertz CT molecular complexity index is 1070. The lowest BCUT2D eigenvalue weighted by Crippen LogP contribution is -2.38. The van der Waals surface area contributed by atoms with E-state index in [-0.39, 0.29) is 11.4 Å². The van der Waals surface area contributed by atoms with Crippen LogP contribution in [-0.2, 0) is 14.1 Å². The number of ether oxygens (including phenoxy) is 1. The number of hydrogen-bond acceptors (Lipinski definition) is 4. The molecule has 0 saturated carbocycles. The molecule has 0 aliphatic carbocycles. The lowest BCUT2D eigenvalue weighted by molar-refractivity contribution is 0.421. The van der Waals surface area contributed by atoms with Crippen LogP contribution in [0.3, 0.4) is 0 Å². The molecule has 0 atom stereocenters. The van der Waals surface area contributed by atoms with Gasteiger partial charge in [0.25, 0.3) is 5.56 Å². The van der Waals surface area contributed by atoms with Crippen LogP contribution in [0.25, 0.3) is 11.1 Å². The molecule has 124 valence electrons. The average Bonchev–Trinajstić information content (AvgIpc) is 2.66. The fourth-order valence-electron chi connectivity index (χ4n) is 2.50. The van der Waals surface area contributed by atoms with Gasteiger partial charge in [-0.15, -0.1) is 0 Å². The highest BCUT2D eigenvalue weighted by Gasteiger charge is 2.17. The van der Waals surface area contributed by atoms with E-state index in [1.807, 2.05) is 48.5 Å². The Labute approximate surface area is 143 Å². The average molecular weight is 333 g/mol. The first-order valence-electron chi connectivity index (χ1n) is 7.56. The molecule has 25 heavy (non-hydrogen) atoms. The molecule has 0 unspecified atom stereocenters. The van der Waals surface area contributed by atoms with Crippen molar-refractivity contribution in [3.63, 3.8) is 0 Å². The molecule has 6 nitrogen and oxygen atoms in total. The van der Waals surface area contributed by atoms with Gasteiger partial charge in [-0.25, -0.2) is 4.79 Å². The summed E-state index contributed by atoms with van der Waals surface area (Å²) < 4.78 is 7.69. The van der Waals surface area contributed by atoms with Crippen LogP contribution in [0.2, 0.25) is 0 Å². The van der Waals surface area contributed by atoms with Crippen LogP contribution >= 0.6 is 0 Å². The number of hydrogen-bond donors (Lipinski definition) is 0. The van der Waals surface area contributed by atoms with Gasteiger partial charge in [-0.05, 0) is 23.3 Å². The Balaban J connectivity index is 2.00. The first kappa shape index (κ1) is 16.3. The summed E-state index contributed by atoms with van der Waals surface area (Å²) in [7, 11) is 2.78. The third kappa shape index (κ3) is 2.95. The number of nitrogens with zero attached hydrogens (tertiary/aromatic N) is 3. The fraction of sp³-hybridized carbons (Fsp3) is 0.105. The predicted octanol–water partition coefficient (Wildman–Crippen LogP) is 2.41. The summed E-state index contributed by atoms with van der Waals surface area (Å²) in [6.45, 7) is 0. The van der Waals surface area contributed by atoms with Crippen LogP contribution in [0.4, 0.5) is 0 Å². The third-order valence-corrected chi connectivity index (χ3v) is 3.90. The van der Waals surface area contributed by atoms with Crippen molar-refractivity contribution in [1.82, 2.24) is 9.13 Å². The van der Waals surface area contributed by atoms with E-state index in [0.29, 0.717) is 5.75 Å². The zero-order valence-corrected chi connectivity index (χ0v) is 13.8. The van der Waals surface area contributed by atoms with Crippen LogP contribution in [0.1, 0.15) is 5.56 Å². The van der Waals surface area contributed by atoms with Gasteiger partial charge in [-0.3, -0.25) is 13.9 Å². The van der Waals surface area contributed by atoms with Gasteiger partial charge in [0.2, 0.25) is 5.88 Å². The minimum atomic E-state index is -0.679. The van der Waals surface area contributed by atoms with Gasteiger partial charge in [0.1, 0.15) is 11.8 Å². The van der Waals surface area contributed by atoms with E-state index >= 15 is 0 Å². The summed E-state index contributed by atoms with van der Waals surface area (Å²) in [4.78, 5) is 24.1. The SMILES string of the molecule is Cn1c(Oc2ccc(-c3ccccc3)cc2)c(C#N)c(=O)n(C)c1=O. The van der Waals surface area contributed by atoms with Crippen LogP contribution < -0.4 is 16.0 Å². The molecule has 0 radical (unpaired) electrons. The van der Waals surface area contributed by atoms with E-state index in [0.717, 1.165) is 20.3 Å². The third-order valence-electron chi connectivity index (χ3n) is 3.90. The summed E-state index contributed by atoms with van der Waals surface area (Å²) in [5, 5.41) is 9.25. The maximum absolute atomic E-state index is 12.1. The second-order valence-electron chi connectivity index (χ2n) is 5.49. The van der Waals surface area contributed by atoms with Crippen molar-refractivity contribution in [2.45, 2.75) is 0 Å². The van der Waals surface area contributed by atoms with E-state index in [9.17, 15) is 14.9 Å². The molecule has 0 spiro atoms. The van der Waals surface area contributed by atoms with E-state index in [4.69, 9.17) is 4.74 Å². The molecule has 0 amide bonds. The van der Waals surface area contributed by atoms with Gasteiger partial charge in [-0.1, -0.05) is 42.5 Å². The van der Waals surface area contributed by atoms with Crippen molar-refractivity contribution in [3.05, 3.63) is 81.0 Å². The minimum absolute atomic E-state index is 0.0666. The largest absolute Gasteiger partial charge is 0.439 e. The van der Waals surface area contributed by atoms with E-state index in [1.54, 1.807) is 12.1 Å². The first-order chi connectivity index (χ1) is 12.0. The second-order valence-corrected chi connectivity index (χ2v) is 5.49. The minimum Gasteiger partial charge on any atom is -0.439 e. The highest BCUT2D eigenvalue weighted by atomic mass is 16.5. The molecule has 0 N–H and O–H groups in total. The molecule has 3 rings (SSSR count). The molecule has 2 aromatic carbocycles. The predicted molar refractivity (Wildman–Crippen MR) is 93.6 cm³/mol. The number of nitriles is 1. The Hall–Kier alpha value is -3.59. The number of rotatable bonds is 3. The summed E-state index contributed by atoms with van der Waals surface area (Å²) >= 11 is 0. The molecule has 0 aliphatic heterocycles. The Morgan fingerprint density at radius 2 is 1.48 bits per heavy atom. The zero-order valence-electron chi connectivity index (χ0n) is 13.8. The van der Waals surface area contributed by atoms with Crippen molar-refractivity contribution in [2.24, 2.45) is 14.1 Å². The topological polar surface area (TPSA) is 77.0 Å². The maximum Gasteiger partial charge on any atom is 0.333 e. The molecular formula is C19H15N3O3. The zero-order chi connectivity index (χ0) is 18.0. The summed E-state index contributed by atoms with van der Waals surface area (Å²) in [6, 6.07) is 18.8. The molecule has 0 saturated heterocycles. The molecule has 1 aromatic heterocycles. The van der Waals surface area contributed by atoms with Crippen LogP contribution in [0.15, 0.2) is 64.2 Å². The van der Waals surface area contributed by atoms with Gasteiger partial charge in [0.05, 0.1) is 0 Å². The van der Waals surface area contributed by atoms with Crippen LogP contribution in [0.5, 0.6) is 11.6 Å². The maximum atomic E-state index is 12.1. The van der Waals surface area contributed by atoms with E-state index in [2.05, 4.69) is 0 Å². The first-order valence-corrected chi connectivity index (χ1v) is 7.56. The van der Waals surface area contributed by atoms with Gasteiger partial charge in [0, 0.05) is 14.1 Å². The lowest BCUT2D eigenvalue weighted by atomic mass is 10.1. The smallest absolute Gasteiger partial charge is 0.333 e. The number of benzene rings is 2. The normalized spacial score (nSPS) is 10.3. The van der Waals surface area contributed by atoms with Crippen molar-refractivity contribution in [3.8, 4) is 28.8 Å². The van der Waals surface area contributed by atoms with Crippen molar-refractivity contribution in [1.29, 1.82) is 5.26 Å². The molecule has 6 heteroatoms. The quantitative estimate of drug-likeness (QED) is 0.737. The van der Waals surface area contributed by atoms with Crippen LogP contribution in [-0.4, -0.2) is 9.13 Å². The van der Waals surface area contributed by atoms with Crippen molar-refractivity contribution in [2.75, 3.05) is 0 Å². The Kier molecular flexibility index (Phi) is 4.23. The summed E-state index contributed by atoms with van der Waals surface area (Å²) in [5.41, 5.74) is 0.622. The van der Waals surface area contributed by atoms with Gasteiger partial charge >= 0.3 is 5.69 Å².